The van der Waals surface area contributed by atoms with Gasteiger partial charge >= 0.3 is 5.97 Å². The van der Waals surface area contributed by atoms with Gasteiger partial charge in [-0.2, -0.15) is 0 Å². The smallest absolute Gasteiger partial charge is 0.305 e. The standard InChI is InChI=1S/C22H30O3.C2H6/c1-4-20(24)25-19-8-7-17-16-6-5-14-13-15(23)9-11-21(14,2)18(16)10-12-22(17,19)3;1-2/h10,13,16-17,19H,4-9,11-12H2,1-3H3;1-2H3/t16?,17?,19-,21?,22?;/m0./s1. The molecule has 0 heterocycles. The summed E-state index contributed by atoms with van der Waals surface area (Å²) in [6.45, 7) is 10.6. The highest BCUT2D eigenvalue weighted by molar-refractivity contribution is 5.92. The highest BCUT2D eigenvalue weighted by Crippen LogP contribution is 2.63. The third-order valence-electron chi connectivity index (χ3n) is 7.81. The molecule has 0 spiro atoms. The lowest BCUT2D eigenvalue weighted by Crippen LogP contribution is -2.46. The molecule has 4 unspecified atom stereocenters. The lowest BCUT2D eigenvalue weighted by molar-refractivity contribution is -0.155. The number of esters is 1. The first-order chi connectivity index (χ1) is 12.9. The summed E-state index contributed by atoms with van der Waals surface area (Å²) in [6.07, 6.45) is 11.9. The summed E-state index contributed by atoms with van der Waals surface area (Å²) in [4.78, 5) is 23.7. The molecule has 2 saturated carbocycles. The SMILES string of the molecule is CC.CCC(=O)O[C@H]1CCC2C3CCC4=CC(=O)CCC4(C)C3=CCC21C. The predicted octanol–water partition coefficient (Wildman–Crippen LogP) is 5.79. The van der Waals surface area contributed by atoms with E-state index in [0.29, 0.717) is 30.5 Å². The van der Waals surface area contributed by atoms with E-state index < -0.39 is 0 Å². The number of allylic oxidation sites excluding steroid dienone is 4. The maximum Gasteiger partial charge on any atom is 0.305 e. The largest absolute Gasteiger partial charge is 0.462 e. The number of ketones is 1. The molecule has 0 aliphatic heterocycles. The van der Waals surface area contributed by atoms with Crippen molar-refractivity contribution in [3.05, 3.63) is 23.3 Å². The summed E-state index contributed by atoms with van der Waals surface area (Å²) in [5, 5.41) is 0. The number of fused-ring (bicyclic) bond motifs is 5. The van der Waals surface area contributed by atoms with E-state index in [4.69, 9.17) is 4.74 Å². The van der Waals surface area contributed by atoms with Crippen molar-refractivity contribution < 1.29 is 14.3 Å². The summed E-state index contributed by atoms with van der Waals surface area (Å²) in [6, 6.07) is 0. The van der Waals surface area contributed by atoms with Crippen LogP contribution in [0.4, 0.5) is 0 Å². The normalized spacial score (nSPS) is 39.7. The minimum Gasteiger partial charge on any atom is -0.462 e. The summed E-state index contributed by atoms with van der Waals surface area (Å²) in [7, 11) is 0. The molecule has 0 amide bonds. The van der Waals surface area contributed by atoms with E-state index in [0.717, 1.165) is 38.5 Å². The molecule has 0 aromatic carbocycles. The molecule has 4 aliphatic rings. The maximum absolute atomic E-state index is 11.9. The van der Waals surface area contributed by atoms with E-state index in [9.17, 15) is 9.59 Å². The van der Waals surface area contributed by atoms with Gasteiger partial charge in [0.15, 0.2) is 5.78 Å². The fourth-order valence-electron chi connectivity index (χ4n) is 6.25. The fraction of sp³-hybridized carbons (Fsp3) is 0.750. The molecule has 0 aromatic heterocycles. The molecule has 5 atom stereocenters. The Kier molecular flexibility index (Phi) is 5.70. The first-order valence-corrected chi connectivity index (χ1v) is 11.0. The van der Waals surface area contributed by atoms with Gasteiger partial charge in [0.2, 0.25) is 0 Å². The van der Waals surface area contributed by atoms with Gasteiger partial charge in [0, 0.05) is 23.7 Å². The van der Waals surface area contributed by atoms with Crippen LogP contribution in [-0.4, -0.2) is 17.9 Å². The molecule has 4 rings (SSSR count). The second-order valence-corrected chi connectivity index (χ2v) is 9.00. The van der Waals surface area contributed by atoms with Crippen LogP contribution in [0.3, 0.4) is 0 Å². The highest BCUT2D eigenvalue weighted by atomic mass is 16.5. The average Bonchev–Trinajstić information content (AvgIpc) is 3.00. The lowest BCUT2D eigenvalue weighted by Gasteiger charge is -2.53. The second kappa shape index (κ2) is 7.56. The van der Waals surface area contributed by atoms with Crippen molar-refractivity contribution in [2.45, 2.75) is 92.1 Å². The van der Waals surface area contributed by atoms with Crippen LogP contribution in [0.1, 0.15) is 86.0 Å². The zero-order chi connectivity index (χ0) is 19.8. The van der Waals surface area contributed by atoms with Gasteiger partial charge in [-0.3, -0.25) is 9.59 Å². The minimum absolute atomic E-state index is 0.0618. The van der Waals surface area contributed by atoms with E-state index in [1.165, 1.54) is 5.57 Å². The van der Waals surface area contributed by atoms with Gasteiger partial charge in [0.25, 0.3) is 0 Å². The van der Waals surface area contributed by atoms with Crippen molar-refractivity contribution in [1.29, 1.82) is 0 Å². The molecule has 0 radical (unpaired) electrons. The van der Waals surface area contributed by atoms with Crippen molar-refractivity contribution in [2.24, 2.45) is 22.7 Å². The molecule has 3 nitrogen and oxygen atoms in total. The number of rotatable bonds is 2. The molecule has 4 aliphatic carbocycles. The Labute approximate surface area is 164 Å². The Morgan fingerprint density at radius 1 is 1.19 bits per heavy atom. The molecule has 27 heavy (non-hydrogen) atoms. The van der Waals surface area contributed by atoms with E-state index >= 15 is 0 Å². The topological polar surface area (TPSA) is 43.4 Å². The number of carbonyl (C=O) groups excluding carboxylic acids is 2. The molecule has 0 N–H and O–H groups in total. The van der Waals surface area contributed by atoms with E-state index in [2.05, 4.69) is 19.9 Å². The van der Waals surface area contributed by atoms with Crippen LogP contribution in [0, 0.1) is 22.7 Å². The van der Waals surface area contributed by atoms with Crippen LogP contribution < -0.4 is 0 Å². The number of ether oxygens (including phenoxy) is 1. The van der Waals surface area contributed by atoms with Crippen molar-refractivity contribution in [1.82, 2.24) is 0 Å². The lowest BCUT2D eigenvalue weighted by atomic mass is 9.52. The molecule has 0 aromatic rings. The third-order valence-corrected chi connectivity index (χ3v) is 7.81. The number of hydrogen-bond donors (Lipinski definition) is 0. The predicted molar refractivity (Wildman–Crippen MR) is 108 cm³/mol. The van der Waals surface area contributed by atoms with Gasteiger partial charge < -0.3 is 4.74 Å². The molecule has 3 heteroatoms. The number of hydrogen-bond acceptors (Lipinski definition) is 3. The molecule has 150 valence electrons. The van der Waals surface area contributed by atoms with E-state index in [-0.39, 0.29) is 22.9 Å². The van der Waals surface area contributed by atoms with Gasteiger partial charge in [-0.15, -0.1) is 0 Å². The van der Waals surface area contributed by atoms with Crippen LogP contribution >= 0.6 is 0 Å². The molecule has 2 fully saturated rings. The summed E-state index contributed by atoms with van der Waals surface area (Å²) < 4.78 is 5.83. The first-order valence-electron chi connectivity index (χ1n) is 11.0. The Balaban J connectivity index is 0.00000102. The van der Waals surface area contributed by atoms with Gasteiger partial charge in [0.1, 0.15) is 6.10 Å². The van der Waals surface area contributed by atoms with Crippen molar-refractivity contribution in [3.8, 4) is 0 Å². The Hall–Kier alpha value is -1.38. The van der Waals surface area contributed by atoms with Crippen LogP contribution in [0.5, 0.6) is 0 Å². The highest BCUT2D eigenvalue weighted by Gasteiger charge is 2.57. The Bertz CT molecular complexity index is 673. The summed E-state index contributed by atoms with van der Waals surface area (Å²) >= 11 is 0. The second-order valence-electron chi connectivity index (χ2n) is 9.00. The van der Waals surface area contributed by atoms with Crippen LogP contribution in [0.2, 0.25) is 0 Å². The van der Waals surface area contributed by atoms with Crippen LogP contribution in [0.15, 0.2) is 23.3 Å². The van der Waals surface area contributed by atoms with Crippen LogP contribution in [0.25, 0.3) is 0 Å². The molecular formula is C24H36O3. The monoisotopic (exact) mass is 372 g/mol. The van der Waals surface area contributed by atoms with Gasteiger partial charge in [-0.25, -0.2) is 0 Å². The number of carbonyl (C=O) groups is 2. The van der Waals surface area contributed by atoms with Gasteiger partial charge in [-0.05, 0) is 56.4 Å². The van der Waals surface area contributed by atoms with Crippen LogP contribution in [-0.2, 0) is 14.3 Å². The summed E-state index contributed by atoms with van der Waals surface area (Å²) in [5.41, 5.74) is 3.13. The van der Waals surface area contributed by atoms with Crippen molar-refractivity contribution in [3.63, 3.8) is 0 Å². The third kappa shape index (κ3) is 3.21. The molecule has 0 saturated heterocycles. The summed E-state index contributed by atoms with van der Waals surface area (Å²) in [5.74, 6) is 1.45. The Morgan fingerprint density at radius 2 is 1.93 bits per heavy atom. The molecular weight excluding hydrogens is 336 g/mol. The van der Waals surface area contributed by atoms with Gasteiger partial charge in [0.05, 0.1) is 0 Å². The van der Waals surface area contributed by atoms with Gasteiger partial charge in [-0.1, -0.05) is 51.8 Å². The van der Waals surface area contributed by atoms with Crippen molar-refractivity contribution >= 4 is 11.8 Å². The quantitative estimate of drug-likeness (QED) is 0.455. The zero-order valence-corrected chi connectivity index (χ0v) is 17.8. The first kappa shape index (κ1) is 20.4. The molecule has 0 bridgehead atoms. The minimum atomic E-state index is -0.0618. The maximum atomic E-state index is 11.9. The average molecular weight is 373 g/mol. The zero-order valence-electron chi connectivity index (χ0n) is 17.8. The van der Waals surface area contributed by atoms with E-state index in [1.54, 1.807) is 5.57 Å². The Morgan fingerprint density at radius 3 is 2.63 bits per heavy atom. The van der Waals surface area contributed by atoms with Crippen molar-refractivity contribution in [2.75, 3.05) is 0 Å². The fourth-order valence-corrected chi connectivity index (χ4v) is 6.25. The van der Waals surface area contributed by atoms with E-state index in [1.807, 2.05) is 26.8 Å².